The predicted octanol–water partition coefficient (Wildman–Crippen LogP) is 3.27. The van der Waals surface area contributed by atoms with E-state index in [0.717, 1.165) is 56.9 Å². The molecule has 6 saturated carbocycles. The summed E-state index contributed by atoms with van der Waals surface area (Å²) in [6, 6.07) is 10.7. The van der Waals surface area contributed by atoms with Crippen LogP contribution in [-0.2, 0) is 16.1 Å². The zero-order chi connectivity index (χ0) is 23.3. The Kier molecular flexibility index (Phi) is 3.99. The van der Waals surface area contributed by atoms with E-state index >= 15 is 0 Å². The van der Waals surface area contributed by atoms with Gasteiger partial charge < -0.3 is 20.1 Å². The van der Waals surface area contributed by atoms with Crippen LogP contribution in [0.1, 0.15) is 63.4 Å². The molecule has 7 nitrogen and oxygen atoms in total. The fourth-order valence-electron chi connectivity index (χ4n) is 9.09. The second-order valence-corrected chi connectivity index (χ2v) is 12.4. The third-order valence-corrected chi connectivity index (χ3v) is 10.2. The van der Waals surface area contributed by atoms with Crippen molar-refractivity contribution in [1.29, 1.82) is 5.26 Å². The van der Waals surface area contributed by atoms with Gasteiger partial charge in [-0.25, -0.2) is 4.79 Å². The molecule has 2 amide bonds. The maximum Gasteiger partial charge on any atom is 0.408 e. The Morgan fingerprint density at radius 1 is 1.12 bits per heavy atom. The van der Waals surface area contributed by atoms with Crippen LogP contribution in [0.15, 0.2) is 30.3 Å². The smallest absolute Gasteiger partial charge is 0.408 e. The molecule has 1 aliphatic heterocycles. The number of nitrogens with one attached hydrogen (secondary N) is 1. The standard InChI is InChI=1S/C27H31N3O4/c28-12-20-11-25-15-27(25,16-25)30(20)22(31)21(29-23(32)34-13-17-4-2-1-3-5-17)24-7-18-6-19(8-24)10-26(33,9-18)14-24/h1-5,18-21,33H,6-11,13-16H2,(H,29,32)/t18?,19?,20-,21+,24?,25?,26?,27?/m0/s1. The molecule has 7 aliphatic rings. The summed E-state index contributed by atoms with van der Waals surface area (Å²) in [5.74, 6) is 0.631. The number of hydrogen-bond donors (Lipinski definition) is 2. The van der Waals surface area contributed by atoms with Crippen molar-refractivity contribution in [3.05, 3.63) is 35.9 Å². The Hall–Kier alpha value is -2.59. The number of nitrogens with zero attached hydrogens (tertiary/aromatic N) is 2. The molecule has 6 aliphatic carbocycles. The molecule has 1 saturated heterocycles. The molecule has 1 heterocycles. The van der Waals surface area contributed by atoms with E-state index in [0.29, 0.717) is 18.3 Å². The van der Waals surface area contributed by atoms with Crippen molar-refractivity contribution in [2.24, 2.45) is 22.7 Å². The minimum Gasteiger partial charge on any atom is -0.445 e. The van der Waals surface area contributed by atoms with Crippen LogP contribution in [0.3, 0.4) is 0 Å². The van der Waals surface area contributed by atoms with E-state index in [1.165, 1.54) is 0 Å². The van der Waals surface area contributed by atoms with E-state index in [2.05, 4.69) is 11.4 Å². The minimum atomic E-state index is -0.768. The van der Waals surface area contributed by atoms with E-state index in [1.807, 2.05) is 35.2 Å². The number of carbonyl (C=O) groups excluding carboxylic acids is 2. The Bertz CT molecular complexity index is 1090. The summed E-state index contributed by atoms with van der Waals surface area (Å²) in [6.07, 6.45) is 7.01. The molecule has 2 unspecified atom stereocenters. The van der Waals surface area contributed by atoms with Crippen molar-refractivity contribution in [1.82, 2.24) is 10.2 Å². The molecular formula is C27H31N3O4. The summed E-state index contributed by atoms with van der Waals surface area (Å²) in [5.41, 5.74) is -0.348. The zero-order valence-electron chi connectivity index (χ0n) is 19.3. The van der Waals surface area contributed by atoms with Crippen LogP contribution >= 0.6 is 0 Å². The summed E-state index contributed by atoms with van der Waals surface area (Å²) >= 11 is 0. The highest BCUT2D eigenvalue weighted by Crippen LogP contribution is 2.87. The molecule has 0 radical (unpaired) electrons. The van der Waals surface area contributed by atoms with Crippen LogP contribution in [0, 0.1) is 34.0 Å². The summed E-state index contributed by atoms with van der Waals surface area (Å²) in [7, 11) is 0. The molecule has 0 spiro atoms. The first-order valence-electron chi connectivity index (χ1n) is 12.7. The first-order valence-corrected chi connectivity index (χ1v) is 12.7. The topological polar surface area (TPSA) is 103 Å². The van der Waals surface area contributed by atoms with Gasteiger partial charge in [0.15, 0.2) is 0 Å². The highest BCUT2D eigenvalue weighted by atomic mass is 16.5. The van der Waals surface area contributed by atoms with Crippen molar-refractivity contribution in [3.63, 3.8) is 0 Å². The molecule has 0 aromatic heterocycles. The third-order valence-electron chi connectivity index (χ3n) is 10.2. The van der Waals surface area contributed by atoms with Gasteiger partial charge in [-0.05, 0) is 75.2 Å². The number of amides is 2. The maximum atomic E-state index is 14.2. The van der Waals surface area contributed by atoms with Gasteiger partial charge in [-0.1, -0.05) is 30.3 Å². The lowest BCUT2D eigenvalue weighted by atomic mass is 9.46. The quantitative estimate of drug-likeness (QED) is 0.701. The summed E-state index contributed by atoms with van der Waals surface area (Å²) in [5, 5.41) is 24.1. The van der Waals surface area contributed by atoms with Gasteiger partial charge in [0.25, 0.3) is 0 Å². The van der Waals surface area contributed by atoms with Gasteiger partial charge in [0.1, 0.15) is 18.7 Å². The summed E-state index contributed by atoms with van der Waals surface area (Å²) < 4.78 is 5.54. The van der Waals surface area contributed by atoms with E-state index in [4.69, 9.17) is 4.74 Å². The normalized spacial score (nSPS) is 45.1. The van der Waals surface area contributed by atoms with Crippen molar-refractivity contribution < 1.29 is 19.4 Å². The van der Waals surface area contributed by atoms with Crippen LogP contribution in [-0.4, -0.2) is 45.2 Å². The predicted molar refractivity (Wildman–Crippen MR) is 121 cm³/mol. The lowest BCUT2D eigenvalue weighted by Crippen LogP contribution is -2.67. The molecule has 1 aromatic rings. The van der Waals surface area contributed by atoms with Gasteiger partial charge in [-0.2, -0.15) is 5.26 Å². The number of hydrogen-bond acceptors (Lipinski definition) is 5. The molecular weight excluding hydrogens is 430 g/mol. The SMILES string of the molecule is N#C[C@@H]1CC23CC2(C3)N1C(=O)[C@@H](NC(=O)OCc1ccccc1)C12CC3CC(CC(O)(C3)C1)C2. The minimum absolute atomic E-state index is 0.132. The second kappa shape index (κ2) is 6.54. The van der Waals surface area contributed by atoms with Crippen molar-refractivity contribution in [2.75, 3.05) is 0 Å². The molecule has 2 N–H and O–H groups in total. The second-order valence-electron chi connectivity index (χ2n) is 12.4. The molecule has 7 heteroatoms. The Balaban J connectivity index is 1.18. The van der Waals surface area contributed by atoms with Gasteiger partial charge in [-0.15, -0.1) is 0 Å². The van der Waals surface area contributed by atoms with E-state index in [-0.39, 0.29) is 23.5 Å². The number of aliphatic hydroxyl groups is 1. The average molecular weight is 462 g/mol. The first kappa shape index (κ1) is 20.8. The number of carbonyl (C=O) groups is 2. The molecule has 4 atom stereocenters. The first-order chi connectivity index (χ1) is 16.3. The number of rotatable bonds is 5. The Labute approximate surface area is 199 Å². The lowest BCUT2D eigenvalue weighted by molar-refractivity contribution is -0.180. The fourth-order valence-corrected chi connectivity index (χ4v) is 9.09. The molecule has 4 bridgehead atoms. The Morgan fingerprint density at radius 2 is 1.82 bits per heavy atom. The number of ether oxygens (including phenoxy) is 1. The van der Waals surface area contributed by atoms with Crippen LogP contribution in [0.4, 0.5) is 4.79 Å². The van der Waals surface area contributed by atoms with Crippen LogP contribution in [0.5, 0.6) is 0 Å². The molecule has 1 aromatic carbocycles. The molecule has 8 rings (SSSR count). The molecule has 178 valence electrons. The fraction of sp³-hybridized carbons (Fsp3) is 0.667. The van der Waals surface area contributed by atoms with Crippen LogP contribution in [0.25, 0.3) is 0 Å². The summed E-state index contributed by atoms with van der Waals surface area (Å²) in [6.45, 7) is 0.132. The van der Waals surface area contributed by atoms with Gasteiger partial charge in [0.2, 0.25) is 5.91 Å². The van der Waals surface area contributed by atoms with E-state index in [9.17, 15) is 20.0 Å². The van der Waals surface area contributed by atoms with Gasteiger partial charge in [0.05, 0.1) is 17.2 Å². The van der Waals surface area contributed by atoms with Crippen LogP contribution in [0.2, 0.25) is 0 Å². The Morgan fingerprint density at radius 3 is 2.47 bits per heavy atom. The number of nitriles is 1. The van der Waals surface area contributed by atoms with Gasteiger partial charge in [0, 0.05) is 10.8 Å². The number of likely N-dealkylation sites (tertiary alicyclic amines) is 1. The highest BCUT2D eigenvalue weighted by molar-refractivity contribution is 5.90. The van der Waals surface area contributed by atoms with Gasteiger partial charge >= 0.3 is 6.09 Å². The monoisotopic (exact) mass is 461 g/mol. The lowest BCUT2D eigenvalue weighted by Gasteiger charge is -2.62. The highest BCUT2D eigenvalue weighted by Gasteiger charge is 2.91. The van der Waals surface area contributed by atoms with Crippen molar-refractivity contribution in [3.8, 4) is 6.07 Å². The largest absolute Gasteiger partial charge is 0.445 e. The molecule has 34 heavy (non-hydrogen) atoms. The van der Waals surface area contributed by atoms with E-state index in [1.54, 1.807) is 0 Å². The zero-order valence-corrected chi connectivity index (χ0v) is 19.3. The average Bonchev–Trinajstić information content (AvgIpc) is 3.56. The number of benzene rings is 1. The maximum absolute atomic E-state index is 14.2. The third kappa shape index (κ3) is 2.78. The van der Waals surface area contributed by atoms with E-state index < -0.39 is 29.2 Å². The summed E-state index contributed by atoms with van der Waals surface area (Å²) in [4.78, 5) is 29.1. The van der Waals surface area contributed by atoms with Gasteiger partial charge in [-0.3, -0.25) is 4.79 Å². The number of alkyl carbamates (subject to hydrolysis) is 1. The van der Waals surface area contributed by atoms with Crippen molar-refractivity contribution in [2.45, 2.75) is 87.6 Å². The van der Waals surface area contributed by atoms with Crippen molar-refractivity contribution >= 4 is 12.0 Å². The number of piperidine rings is 2. The molecule has 7 fully saturated rings. The van der Waals surface area contributed by atoms with Crippen LogP contribution < -0.4 is 5.32 Å².